The van der Waals surface area contributed by atoms with Crippen LogP contribution >= 0.6 is 0 Å². The molecule has 2 aromatic heterocycles. The molecule has 4 aromatic rings. The number of carbonyl (C=O) groups is 1. The lowest BCUT2D eigenvalue weighted by atomic mass is 10.1. The number of halogens is 1. The lowest BCUT2D eigenvalue weighted by Crippen LogP contribution is -2.50. The van der Waals surface area contributed by atoms with E-state index >= 15 is 0 Å². The van der Waals surface area contributed by atoms with Gasteiger partial charge < -0.3 is 20.0 Å². The summed E-state index contributed by atoms with van der Waals surface area (Å²) in [6, 6.07) is 15.3. The summed E-state index contributed by atoms with van der Waals surface area (Å²) in [4.78, 5) is 28.4. The van der Waals surface area contributed by atoms with E-state index in [0.29, 0.717) is 31.9 Å². The third-order valence-electron chi connectivity index (χ3n) is 7.27. The number of carbonyl (C=O) groups excluding carboxylic acids is 1. The van der Waals surface area contributed by atoms with Crippen LogP contribution in [0.2, 0.25) is 0 Å². The zero-order chi connectivity index (χ0) is 25.2. The molecular weight excluding hydrogens is 469 g/mol. The maximum Gasteiger partial charge on any atom is 0.242 e. The number of nitrogens with zero attached hydrogens (tertiary/aromatic N) is 6. The highest BCUT2D eigenvalue weighted by molar-refractivity contribution is 5.84. The number of aromatic nitrogens is 3. The van der Waals surface area contributed by atoms with Gasteiger partial charge in [0.2, 0.25) is 5.91 Å². The van der Waals surface area contributed by atoms with Gasteiger partial charge in [-0.25, -0.2) is 9.37 Å². The van der Waals surface area contributed by atoms with Gasteiger partial charge in [-0.05, 0) is 37.1 Å². The minimum Gasteiger partial charge on any atom is -0.372 e. The van der Waals surface area contributed by atoms with Gasteiger partial charge in [0.25, 0.3) is 0 Å². The molecule has 9 heteroatoms. The topological polar surface area (TPSA) is 69.0 Å². The molecule has 0 unspecified atom stereocenters. The summed E-state index contributed by atoms with van der Waals surface area (Å²) in [5, 5.41) is 3.35. The van der Waals surface area contributed by atoms with Gasteiger partial charge in [0.05, 0.1) is 18.4 Å². The summed E-state index contributed by atoms with van der Waals surface area (Å²) >= 11 is 0. The molecule has 4 heterocycles. The molecule has 2 aromatic carbocycles. The number of para-hydroxylation sites is 1. The average molecular weight is 500 g/mol. The second-order valence-electron chi connectivity index (χ2n) is 9.53. The molecule has 190 valence electrons. The molecule has 0 atom stereocenters. The molecule has 6 rings (SSSR count). The van der Waals surface area contributed by atoms with Crippen LogP contribution < -0.4 is 15.1 Å². The van der Waals surface area contributed by atoms with Crippen molar-refractivity contribution in [3.8, 4) is 11.3 Å². The third kappa shape index (κ3) is 4.69. The van der Waals surface area contributed by atoms with Gasteiger partial charge in [0, 0.05) is 62.9 Å². The Balaban J connectivity index is 1.16. The van der Waals surface area contributed by atoms with Crippen LogP contribution in [0, 0.1) is 5.82 Å². The molecule has 8 nitrogen and oxygen atoms in total. The minimum absolute atomic E-state index is 0.00696. The number of hydrogen-bond acceptors (Lipinski definition) is 6. The van der Waals surface area contributed by atoms with E-state index in [1.165, 1.54) is 24.6 Å². The molecule has 1 N–H and O–H groups in total. The highest BCUT2D eigenvalue weighted by Gasteiger charge is 2.23. The maximum atomic E-state index is 14.2. The van der Waals surface area contributed by atoms with Crippen LogP contribution in [-0.2, 0) is 4.79 Å². The van der Waals surface area contributed by atoms with Crippen LogP contribution in [0.15, 0.2) is 67.1 Å². The van der Waals surface area contributed by atoms with E-state index in [1.807, 2.05) is 26.5 Å². The highest BCUT2D eigenvalue weighted by atomic mass is 19.1. The molecule has 37 heavy (non-hydrogen) atoms. The number of hydrogen-bond donors (Lipinski definition) is 1. The first kappa shape index (κ1) is 23.3. The van der Waals surface area contributed by atoms with Gasteiger partial charge in [0.15, 0.2) is 5.65 Å². The predicted molar refractivity (Wildman–Crippen MR) is 144 cm³/mol. The quantitative estimate of drug-likeness (QED) is 0.434. The smallest absolute Gasteiger partial charge is 0.242 e. The number of benzene rings is 2. The van der Waals surface area contributed by atoms with Crippen LogP contribution in [0.4, 0.5) is 21.6 Å². The molecule has 1 amide bonds. The molecule has 0 saturated carbocycles. The van der Waals surface area contributed by atoms with Crippen LogP contribution in [0.1, 0.15) is 12.8 Å². The van der Waals surface area contributed by atoms with Gasteiger partial charge in [-0.2, -0.15) is 0 Å². The number of piperazine rings is 1. The Morgan fingerprint density at radius 2 is 1.68 bits per heavy atom. The highest BCUT2D eigenvalue weighted by Crippen LogP contribution is 2.31. The number of imidazole rings is 1. The monoisotopic (exact) mass is 499 g/mol. The molecule has 2 saturated heterocycles. The van der Waals surface area contributed by atoms with Crippen molar-refractivity contribution in [3.63, 3.8) is 0 Å². The molecule has 2 fully saturated rings. The van der Waals surface area contributed by atoms with E-state index in [-0.39, 0.29) is 18.3 Å². The van der Waals surface area contributed by atoms with Crippen molar-refractivity contribution in [2.45, 2.75) is 12.8 Å². The first-order chi connectivity index (χ1) is 18.2. The van der Waals surface area contributed by atoms with Crippen molar-refractivity contribution in [1.29, 1.82) is 0 Å². The summed E-state index contributed by atoms with van der Waals surface area (Å²) in [6.45, 7) is 4.65. The van der Waals surface area contributed by atoms with Crippen molar-refractivity contribution in [1.82, 2.24) is 19.3 Å². The second-order valence-corrected chi connectivity index (χ2v) is 9.53. The standard InChI is InChI=1S/C28H30FN7O/c29-23-5-1-2-6-24(23)34-15-17-35(18-16-34)26(37)20-31-28-27(32-25-19-30-11-14-36(25)28)21-7-9-22(10-8-21)33-12-3-4-13-33/h1-2,5-11,14,19,31H,3-4,12-13,15-18,20H2. The van der Waals surface area contributed by atoms with Gasteiger partial charge in [-0.3, -0.25) is 14.2 Å². The molecule has 2 aliphatic rings. The van der Waals surface area contributed by atoms with Crippen molar-refractivity contribution in [2.75, 3.05) is 60.9 Å². The van der Waals surface area contributed by atoms with Crippen LogP contribution in [0.25, 0.3) is 16.9 Å². The first-order valence-corrected chi connectivity index (χ1v) is 12.9. The Morgan fingerprint density at radius 3 is 2.43 bits per heavy atom. The Morgan fingerprint density at radius 1 is 0.919 bits per heavy atom. The van der Waals surface area contributed by atoms with Gasteiger partial charge in [0.1, 0.15) is 17.3 Å². The minimum atomic E-state index is -0.230. The molecule has 0 aliphatic carbocycles. The van der Waals surface area contributed by atoms with Gasteiger partial charge in [-0.15, -0.1) is 0 Å². The van der Waals surface area contributed by atoms with E-state index < -0.39 is 0 Å². The van der Waals surface area contributed by atoms with Gasteiger partial charge >= 0.3 is 0 Å². The van der Waals surface area contributed by atoms with Crippen LogP contribution in [0.3, 0.4) is 0 Å². The fourth-order valence-corrected chi connectivity index (χ4v) is 5.26. The zero-order valence-corrected chi connectivity index (χ0v) is 20.7. The van der Waals surface area contributed by atoms with E-state index in [9.17, 15) is 9.18 Å². The third-order valence-corrected chi connectivity index (χ3v) is 7.27. The Hall–Kier alpha value is -4.14. The van der Waals surface area contributed by atoms with Crippen LogP contribution in [-0.4, -0.2) is 71.0 Å². The molecule has 0 spiro atoms. The molecular formula is C28H30FN7O. The normalized spacial score (nSPS) is 16.0. The summed E-state index contributed by atoms with van der Waals surface area (Å²) in [7, 11) is 0. The lowest BCUT2D eigenvalue weighted by molar-refractivity contribution is -0.129. The summed E-state index contributed by atoms with van der Waals surface area (Å²) in [5.41, 5.74) is 4.31. The first-order valence-electron chi connectivity index (χ1n) is 12.9. The average Bonchev–Trinajstić information content (AvgIpc) is 3.61. The number of amides is 1. The van der Waals surface area contributed by atoms with E-state index in [1.54, 1.807) is 24.5 Å². The number of anilines is 3. The zero-order valence-electron chi connectivity index (χ0n) is 20.7. The van der Waals surface area contributed by atoms with E-state index in [2.05, 4.69) is 39.5 Å². The number of rotatable bonds is 6. The summed E-state index contributed by atoms with van der Waals surface area (Å²) in [6.07, 6.45) is 7.76. The SMILES string of the molecule is O=C(CNc1c(-c2ccc(N3CCCC3)cc2)nc2cnccn12)N1CCN(c2ccccc2F)CC1. The Bertz CT molecular complexity index is 1390. The second kappa shape index (κ2) is 10.1. The fourth-order valence-electron chi connectivity index (χ4n) is 5.26. The Labute approximate surface area is 215 Å². The van der Waals surface area contributed by atoms with Crippen LogP contribution in [0.5, 0.6) is 0 Å². The maximum absolute atomic E-state index is 14.2. The lowest BCUT2D eigenvalue weighted by Gasteiger charge is -2.36. The molecule has 2 aliphatic heterocycles. The fraction of sp³-hybridized carbons (Fsp3) is 0.321. The summed E-state index contributed by atoms with van der Waals surface area (Å²) in [5.74, 6) is 0.546. The van der Waals surface area contributed by atoms with Crippen molar-refractivity contribution < 1.29 is 9.18 Å². The molecule has 0 bridgehead atoms. The van der Waals surface area contributed by atoms with E-state index in [4.69, 9.17) is 4.98 Å². The Kier molecular flexibility index (Phi) is 6.34. The number of nitrogens with one attached hydrogen (secondary N) is 1. The van der Waals surface area contributed by atoms with Gasteiger partial charge in [-0.1, -0.05) is 24.3 Å². The van der Waals surface area contributed by atoms with Crippen molar-refractivity contribution in [3.05, 3.63) is 72.9 Å². The van der Waals surface area contributed by atoms with Crippen molar-refractivity contribution >= 4 is 28.7 Å². The number of fused-ring (bicyclic) bond motifs is 1. The summed E-state index contributed by atoms with van der Waals surface area (Å²) < 4.78 is 16.1. The molecule has 0 radical (unpaired) electrons. The van der Waals surface area contributed by atoms with Crippen molar-refractivity contribution in [2.24, 2.45) is 0 Å². The van der Waals surface area contributed by atoms with E-state index in [0.717, 1.165) is 35.8 Å². The predicted octanol–water partition coefficient (Wildman–Crippen LogP) is 3.90. The largest absolute Gasteiger partial charge is 0.372 e.